The minimum Gasteiger partial charge on any atom is -0.477 e. The predicted octanol–water partition coefficient (Wildman–Crippen LogP) is 3.22. The van der Waals surface area contributed by atoms with Crippen LogP contribution >= 0.6 is 0 Å². The lowest BCUT2D eigenvalue weighted by atomic mass is 10.1. The van der Waals surface area contributed by atoms with Gasteiger partial charge in [0, 0.05) is 18.3 Å². The van der Waals surface area contributed by atoms with Gasteiger partial charge >= 0.3 is 5.97 Å². The first-order chi connectivity index (χ1) is 9.15. The summed E-state index contributed by atoms with van der Waals surface area (Å²) in [5, 5.41) is 8.90. The zero-order chi connectivity index (χ0) is 13.4. The van der Waals surface area contributed by atoms with Gasteiger partial charge in [-0.1, -0.05) is 0 Å². The first-order valence-electron chi connectivity index (χ1n) is 5.92. The maximum atomic E-state index is 13.0. The molecule has 0 atom stereocenters. The molecule has 0 aliphatic heterocycles. The van der Waals surface area contributed by atoms with Crippen LogP contribution in [0.2, 0.25) is 0 Å². The molecule has 2 heterocycles. The van der Waals surface area contributed by atoms with Crippen molar-refractivity contribution in [3.63, 3.8) is 0 Å². The highest BCUT2D eigenvalue weighted by Crippen LogP contribution is 2.26. The molecular weight excluding hydrogens is 247 g/mol. The molecule has 1 aliphatic carbocycles. The Labute approximate surface area is 108 Å². The summed E-state index contributed by atoms with van der Waals surface area (Å²) in [4.78, 5) is 14.9. The second-order valence-electron chi connectivity index (χ2n) is 4.36. The summed E-state index contributed by atoms with van der Waals surface area (Å²) in [6, 6.07) is 4.96. The van der Waals surface area contributed by atoms with Gasteiger partial charge in [0.05, 0.1) is 11.0 Å². The number of hydrogen-bond acceptors (Lipinski definition) is 2. The molecule has 2 aromatic rings. The standard InChI is InChI=1S/C14H11FN2O2/c15-9-1-3-10(4-2-9)17-8-7-11-13(17)6-5-12(16-11)14(18)19/h1,3,5-8H,2,4H2,(H,18,19). The van der Waals surface area contributed by atoms with Crippen LogP contribution in [0.5, 0.6) is 0 Å². The molecule has 0 spiro atoms. The Hall–Kier alpha value is -2.43. The number of pyridine rings is 1. The Kier molecular flexibility index (Phi) is 2.67. The maximum absolute atomic E-state index is 13.0. The van der Waals surface area contributed by atoms with Gasteiger partial charge in [0.25, 0.3) is 0 Å². The number of carboxylic acids is 1. The molecule has 1 N–H and O–H groups in total. The maximum Gasteiger partial charge on any atom is 0.354 e. The Morgan fingerprint density at radius 2 is 2.11 bits per heavy atom. The molecule has 96 valence electrons. The van der Waals surface area contributed by atoms with Gasteiger partial charge in [-0.05, 0) is 36.8 Å². The van der Waals surface area contributed by atoms with Crippen molar-refractivity contribution in [2.75, 3.05) is 0 Å². The highest BCUT2D eigenvalue weighted by atomic mass is 19.1. The summed E-state index contributed by atoms with van der Waals surface area (Å²) in [6.45, 7) is 0. The third-order valence-electron chi connectivity index (χ3n) is 3.15. The van der Waals surface area contributed by atoms with Crippen LogP contribution in [0.25, 0.3) is 16.7 Å². The number of nitrogens with zero attached hydrogens (tertiary/aromatic N) is 2. The van der Waals surface area contributed by atoms with Crippen LogP contribution in [0.3, 0.4) is 0 Å². The molecule has 0 radical (unpaired) electrons. The zero-order valence-corrected chi connectivity index (χ0v) is 10.0. The Balaban J connectivity index is 2.09. The molecule has 19 heavy (non-hydrogen) atoms. The van der Waals surface area contributed by atoms with Gasteiger partial charge in [-0.3, -0.25) is 0 Å². The summed E-state index contributed by atoms with van der Waals surface area (Å²) in [6.07, 6.45) is 6.04. The molecular formula is C14H11FN2O2. The van der Waals surface area contributed by atoms with Gasteiger partial charge in [0.15, 0.2) is 0 Å². The highest BCUT2D eigenvalue weighted by Gasteiger charge is 2.12. The quantitative estimate of drug-likeness (QED) is 0.899. The topological polar surface area (TPSA) is 55.1 Å². The van der Waals surface area contributed by atoms with Gasteiger partial charge < -0.3 is 9.67 Å². The number of carbonyl (C=O) groups is 1. The molecule has 1 aliphatic rings. The van der Waals surface area contributed by atoms with Crippen LogP contribution in [0.1, 0.15) is 23.3 Å². The summed E-state index contributed by atoms with van der Waals surface area (Å²) in [7, 11) is 0. The first-order valence-corrected chi connectivity index (χ1v) is 5.92. The third-order valence-corrected chi connectivity index (χ3v) is 3.15. The fraction of sp³-hybridized carbons (Fsp3) is 0.143. The average Bonchev–Trinajstić information content (AvgIpc) is 2.82. The van der Waals surface area contributed by atoms with Crippen LogP contribution in [0.15, 0.2) is 42.4 Å². The number of hydrogen-bond donors (Lipinski definition) is 1. The molecule has 0 aromatic carbocycles. The first kappa shape index (κ1) is 11.6. The highest BCUT2D eigenvalue weighted by molar-refractivity contribution is 5.89. The van der Waals surface area contributed by atoms with Crippen LogP contribution in [0.4, 0.5) is 4.39 Å². The van der Waals surface area contributed by atoms with E-state index in [1.807, 2.05) is 10.8 Å². The second-order valence-corrected chi connectivity index (χ2v) is 4.36. The van der Waals surface area contributed by atoms with E-state index in [4.69, 9.17) is 5.11 Å². The van der Waals surface area contributed by atoms with Crippen molar-refractivity contribution < 1.29 is 14.3 Å². The fourth-order valence-electron chi connectivity index (χ4n) is 2.19. The summed E-state index contributed by atoms with van der Waals surface area (Å²) in [5.41, 5.74) is 2.44. The van der Waals surface area contributed by atoms with Gasteiger partial charge in [-0.25, -0.2) is 14.2 Å². The van der Waals surface area contributed by atoms with E-state index in [9.17, 15) is 9.18 Å². The van der Waals surface area contributed by atoms with E-state index in [1.54, 1.807) is 18.2 Å². The Bertz CT molecular complexity index is 728. The molecule has 0 fully saturated rings. The van der Waals surface area contributed by atoms with E-state index < -0.39 is 5.97 Å². The van der Waals surface area contributed by atoms with Crippen molar-refractivity contribution in [1.82, 2.24) is 9.55 Å². The molecule has 0 unspecified atom stereocenters. The molecule has 4 nitrogen and oxygen atoms in total. The normalized spacial score (nSPS) is 15.2. The number of carboxylic acid groups (broad SMARTS) is 1. The number of fused-ring (bicyclic) bond motifs is 1. The van der Waals surface area contributed by atoms with Crippen LogP contribution < -0.4 is 0 Å². The summed E-state index contributed by atoms with van der Waals surface area (Å²) >= 11 is 0. The molecule has 0 bridgehead atoms. The number of halogens is 1. The van der Waals surface area contributed by atoms with Crippen LogP contribution in [-0.4, -0.2) is 20.6 Å². The van der Waals surface area contributed by atoms with Crippen molar-refractivity contribution in [2.24, 2.45) is 0 Å². The van der Waals surface area contributed by atoms with Gasteiger partial charge in [-0.15, -0.1) is 0 Å². The largest absolute Gasteiger partial charge is 0.477 e. The van der Waals surface area contributed by atoms with Crippen LogP contribution in [0, 0.1) is 0 Å². The SMILES string of the molecule is O=C(O)c1ccc2c(ccn2C2=CC=C(F)CC2)n1. The van der Waals surface area contributed by atoms with Gasteiger partial charge in [0.2, 0.25) is 0 Å². The predicted molar refractivity (Wildman–Crippen MR) is 69.4 cm³/mol. The average molecular weight is 258 g/mol. The minimum atomic E-state index is -1.04. The fourth-order valence-corrected chi connectivity index (χ4v) is 2.19. The number of allylic oxidation sites excluding steroid dienone is 4. The monoisotopic (exact) mass is 258 g/mol. The molecule has 0 saturated heterocycles. The Morgan fingerprint density at radius 3 is 2.79 bits per heavy atom. The number of aromatic nitrogens is 2. The van der Waals surface area contributed by atoms with Crippen molar-refractivity contribution in [1.29, 1.82) is 0 Å². The number of rotatable bonds is 2. The molecule has 2 aromatic heterocycles. The summed E-state index contributed by atoms with van der Waals surface area (Å²) < 4.78 is 14.9. The van der Waals surface area contributed by atoms with E-state index >= 15 is 0 Å². The molecule has 5 heteroatoms. The van der Waals surface area contributed by atoms with E-state index in [-0.39, 0.29) is 11.5 Å². The van der Waals surface area contributed by atoms with Gasteiger partial charge in [0.1, 0.15) is 11.5 Å². The number of aromatic carboxylic acids is 1. The van der Waals surface area contributed by atoms with Crippen molar-refractivity contribution >= 4 is 22.7 Å². The van der Waals surface area contributed by atoms with E-state index in [2.05, 4.69) is 4.98 Å². The van der Waals surface area contributed by atoms with Crippen LogP contribution in [-0.2, 0) is 0 Å². The van der Waals surface area contributed by atoms with Crippen molar-refractivity contribution in [2.45, 2.75) is 12.8 Å². The van der Waals surface area contributed by atoms with E-state index in [1.165, 1.54) is 12.1 Å². The smallest absolute Gasteiger partial charge is 0.354 e. The second kappa shape index (κ2) is 4.35. The molecule has 0 saturated carbocycles. The molecule has 0 amide bonds. The summed E-state index contributed by atoms with van der Waals surface area (Å²) in [5.74, 6) is -1.16. The lowest BCUT2D eigenvalue weighted by Gasteiger charge is -2.13. The minimum absolute atomic E-state index is 0.0221. The van der Waals surface area contributed by atoms with Gasteiger partial charge in [-0.2, -0.15) is 0 Å². The lowest BCUT2D eigenvalue weighted by Crippen LogP contribution is -2.01. The zero-order valence-electron chi connectivity index (χ0n) is 10.0. The third kappa shape index (κ3) is 2.03. The Morgan fingerprint density at radius 1 is 1.26 bits per heavy atom. The van der Waals surface area contributed by atoms with E-state index in [0.717, 1.165) is 11.2 Å². The van der Waals surface area contributed by atoms with Crippen molar-refractivity contribution in [3.05, 3.63) is 48.1 Å². The van der Waals surface area contributed by atoms with Crippen molar-refractivity contribution in [3.8, 4) is 0 Å². The van der Waals surface area contributed by atoms with E-state index in [0.29, 0.717) is 18.4 Å². The lowest BCUT2D eigenvalue weighted by molar-refractivity contribution is 0.0691. The molecule has 3 rings (SSSR count).